The van der Waals surface area contributed by atoms with Gasteiger partial charge in [-0.2, -0.15) is 0 Å². The van der Waals surface area contributed by atoms with Crippen LogP contribution in [0.5, 0.6) is 0 Å². The molecule has 0 amide bonds. The van der Waals surface area contributed by atoms with Crippen LogP contribution in [-0.4, -0.2) is 18.4 Å². The van der Waals surface area contributed by atoms with Crippen LogP contribution in [0.3, 0.4) is 0 Å². The van der Waals surface area contributed by atoms with Crippen molar-refractivity contribution in [2.45, 2.75) is 24.5 Å². The van der Waals surface area contributed by atoms with Gasteiger partial charge in [-0.05, 0) is 32.0 Å². The molecule has 1 aromatic carbocycles. The zero-order valence-electron chi connectivity index (χ0n) is 10.6. The molecule has 0 unspecified atom stereocenters. The molecule has 2 aromatic rings. The fourth-order valence-electron chi connectivity index (χ4n) is 1.65. The Morgan fingerprint density at radius 1 is 1.11 bits per heavy atom. The van der Waals surface area contributed by atoms with Crippen molar-refractivity contribution in [2.75, 3.05) is 0 Å². The van der Waals surface area contributed by atoms with E-state index in [9.17, 15) is 8.42 Å². The lowest BCUT2D eigenvalue weighted by atomic mass is 10.2. The Labute approximate surface area is 117 Å². The minimum Gasteiger partial charge on any atom is -0.237 e. The van der Waals surface area contributed by atoms with E-state index < -0.39 is 9.84 Å². The molecule has 2 rings (SSSR count). The first-order valence-corrected chi connectivity index (χ1v) is 7.69. The number of benzene rings is 1. The third kappa shape index (κ3) is 3.52. The van der Waals surface area contributed by atoms with Crippen LogP contribution < -0.4 is 0 Å². The van der Waals surface area contributed by atoms with Crippen molar-refractivity contribution >= 4 is 21.4 Å². The number of hydrogen-bond donors (Lipinski definition) is 0. The molecule has 0 aliphatic heterocycles. The SMILES string of the molecule is Cc1ccc(S(=O)(=O)Cc2nc(C)cc(Cl)n2)cc1. The molecular weight excluding hydrogens is 284 g/mol. The molecular formula is C13H13ClN2O2S. The predicted octanol–water partition coefficient (Wildman–Crippen LogP) is 2.72. The Bertz CT molecular complexity index is 677. The molecule has 19 heavy (non-hydrogen) atoms. The van der Waals surface area contributed by atoms with Crippen LogP contribution in [-0.2, 0) is 15.6 Å². The number of aryl methyl sites for hydroxylation is 2. The van der Waals surface area contributed by atoms with E-state index >= 15 is 0 Å². The second-order valence-electron chi connectivity index (χ2n) is 4.32. The second-order valence-corrected chi connectivity index (χ2v) is 6.70. The molecule has 1 heterocycles. The number of sulfone groups is 1. The van der Waals surface area contributed by atoms with E-state index in [0.717, 1.165) is 5.56 Å². The van der Waals surface area contributed by atoms with Gasteiger partial charge in [0.1, 0.15) is 16.7 Å². The van der Waals surface area contributed by atoms with E-state index in [1.807, 2.05) is 6.92 Å². The molecule has 100 valence electrons. The number of rotatable bonds is 3. The van der Waals surface area contributed by atoms with Gasteiger partial charge in [-0.15, -0.1) is 0 Å². The zero-order valence-corrected chi connectivity index (χ0v) is 12.2. The summed E-state index contributed by atoms with van der Waals surface area (Å²) >= 11 is 5.80. The topological polar surface area (TPSA) is 59.9 Å². The Balaban J connectivity index is 2.33. The Hall–Kier alpha value is -1.46. The highest BCUT2D eigenvalue weighted by Crippen LogP contribution is 2.16. The van der Waals surface area contributed by atoms with E-state index in [0.29, 0.717) is 5.69 Å². The summed E-state index contributed by atoms with van der Waals surface area (Å²) in [4.78, 5) is 8.29. The summed E-state index contributed by atoms with van der Waals surface area (Å²) in [7, 11) is -3.45. The molecule has 1 aromatic heterocycles. The fourth-order valence-corrected chi connectivity index (χ4v) is 3.09. The van der Waals surface area contributed by atoms with Gasteiger partial charge in [0.25, 0.3) is 0 Å². The van der Waals surface area contributed by atoms with E-state index in [-0.39, 0.29) is 21.6 Å². The van der Waals surface area contributed by atoms with Crippen LogP contribution in [0, 0.1) is 13.8 Å². The van der Waals surface area contributed by atoms with Crippen molar-refractivity contribution < 1.29 is 8.42 Å². The summed E-state index contributed by atoms with van der Waals surface area (Å²) in [6, 6.07) is 8.28. The molecule has 0 aliphatic carbocycles. The van der Waals surface area contributed by atoms with Crippen LogP contribution in [0.4, 0.5) is 0 Å². The molecule has 0 fully saturated rings. The molecule has 6 heteroatoms. The molecule has 0 radical (unpaired) electrons. The molecule has 0 N–H and O–H groups in total. The van der Waals surface area contributed by atoms with E-state index in [2.05, 4.69) is 9.97 Å². The zero-order chi connectivity index (χ0) is 14.0. The molecule has 0 atom stereocenters. The maximum Gasteiger partial charge on any atom is 0.185 e. The van der Waals surface area contributed by atoms with Gasteiger partial charge in [0, 0.05) is 5.69 Å². The number of hydrogen-bond acceptors (Lipinski definition) is 4. The first-order chi connectivity index (χ1) is 8.87. The third-order valence-electron chi connectivity index (χ3n) is 2.57. The monoisotopic (exact) mass is 296 g/mol. The first-order valence-electron chi connectivity index (χ1n) is 5.66. The minimum absolute atomic E-state index is 0.213. The fraction of sp³-hybridized carbons (Fsp3) is 0.231. The Morgan fingerprint density at radius 3 is 2.32 bits per heavy atom. The summed E-state index contributed by atoms with van der Waals surface area (Å²) in [5.74, 6) is -0.0390. The van der Waals surface area contributed by atoms with Crippen LogP contribution in [0.25, 0.3) is 0 Å². The average Bonchev–Trinajstić information content (AvgIpc) is 2.27. The molecule has 0 spiro atoms. The number of halogens is 1. The lowest BCUT2D eigenvalue weighted by Gasteiger charge is -2.05. The van der Waals surface area contributed by atoms with Crippen LogP contribution >= 0.6 is 11.6 Å². The second kappa shape index (κ2) is 5.27. The highest BCUT2D eigenvalue weighted by molar-refractivity contribution is 7.90. The minimum atomic E-state index is -3.45. The summed E-state index contributed by atoms with van der Waals surface area (Å²) in [5, 5.41) is 0.251. The van der Waals surface area contributed by atoms with Crippen molar-refractivity contribution in [3.05, 3.63) is 52.6 Å². The summed E-state index contributed by atoms with van der Waals surface area (Å²) in [6.45, 7) is 3.65. The summed E-state index contributed by atoms with van der Waals surface area (Å²) < 4.78 is 24.4. The summed E-state index contributed by atoms with van der Waals surface area (Å²) in [5.41, 5.74) is 1.66. The van der Waals surface area contributed by atoms with Gasteiger partial charge in [0.05, 0.1) is 4.90 Å². The van der Waals surface area contributed by atoms with E-state index in [1.165, 1.54) is 0 Å². The lowest BCUT2D eigenvalue weighted by Crippen LogP contribution is -2.08. The molecule has 4 nitrogen and oxygen atoms in total. The normalized spacial score (nSPS) is 11.5. The molecule has 0 saturated heterocycles. The van der Waals surface area contributed by atoms with Gasteiger partial charge >= 0.3 is 0 Å². The molecule has 0 bridgehead atoms. The van der Waals surface area contributed by atoms with Crippen LogP contribution in [0.2, 0.25) is 5.15 Å². The quantitative estimate of drug-likeness (QED) is 0.817. The molecule has 0 aliphatic rings. The maximum atomic E-state index is 12.2. The largest absolute Gasteiger partial charge is 0.237 e. The van der Waals surface area contributed by atoms with Crippen molar-refractivity contribution in [3.63, 3.8) is 0 Å². The Morgan fingerprint density at radius 2 is 1.74 bits per heavy atom. The maximum absolute atomic E-state index is 12.2. The summed E-state index contributed by atoms with van der Waals surface area (Å²) in [6.07, 6.45) is 0. The predicted molar refractivity (Wildman–Crippen MR) is 73.8 cm³/mol. The van der Waals surface area contributed by atoms with Gasteiger partial charge < -0.3 is 0 Å². The van der Waals surface area contributed by atoms with E-state index in [4.69, 9.17) is 11.6 Å². The van der Waals surface area contributed by atoms with Gasteiger partial charge in [0.15, 0.2) is 9.84 Å². The lowest BCUT2D eigenvalue weighted by molar-refractivity contribution is 0.593. The third-order valence-corrected chi connectivity index (χ3v) is 4.39. The van der Waals surface area contributed by atoms with E-state index in [1.54, 1.807) is 37.3 Å². The highest BCUT2D eigenvalue weighted by Gasteiger charge is 2.17. The first kappa shape index (κ1) is 14.0. The Kier molecular flexibility index (Phi) is 3.87. The van der Waals surface area contributed by atoms with Crippen molar-refractivity contribution in [2.24, 2.45) is 0 Å². The van der Waals surface area contributed by atoms with Crippen LogP contribution in [0.15, 0.2) is 35.2 Å². The average molecular weight is 297 g/mol. The highest BCUT2D eigenvalue weighted by atomic mass is 35.5. The standard InChI is InChI=1S/C13H13ClN2O2S/c1-9-3-5-11(6-4-9)19(17,18)8-13-15-10(2)7-12(14)16-13/h3-7H,8H2,1-2H3. The van der Waals surface area contributed by atoms with Gasteiger partial charge in [-0.25, -0.2) is 18.4 Å². The van der Waals surface area contributed by atoms with Crippen molar-refractivity contribution in [1.82, 2.24) is 9.97 Å². The smallest absolute Gasteiger partial charge is 0.185 e. The van der Waals surface area contributed by atoms with Gasteiger partial charge in [0.2, 0.25) is 0 Å². The molecule has 0 saturated carbocycles. The van der Waals surface area contributed by atoms with Gasteiger partial charge in [-0.3, -0.25) is 0 Å². The van der Waals surface area contributed by atoms with Crippen molar-refractivity contribution in [3.8, 4) is 0 Å². The van der Waals surface area contributed by atoms with Crippen molar-refractivity contribution in [1.29, 1.82) is 0 Å². The number of aromatic nitrogens is 2. The van der Waals surface area contributed by atoms with Gasteiger partial charge in [-0.1, -0.05) is 29.3 Å². The van der Waals surface area contributed by atoms with Crippen LogP contribution in [0.1, 0.15) is 17.1 Å². The number of nitrogens with zero attached hydrogens (tertiary/aromatic N) is 2.